The lowest BCUT2D eigenvalue weighted by molar-refractivity contribution is -0.134. The number of aliphatic hydroxyl groups excluding tert-OH is 1. The summed E-state index contributed by atoms with van der Waals surface area (Å²) in [5.74, 6) is -0.930. The zero-order valence-corrected chi connectivity index (χ0v) is 11.4. The molecule has 1 rings (SSSR count). The number of rotatable bonds is 6. The van der Waals surface area contributed by atoms with E-state index >= 15 is 0 Å². The Balaban J connectivity index is 2.61. The van der Waals surface area contributed by atoms with E-state index in [9.17, 15) is 18.0 Å². The third kappa shape index (κ3) is 4.77. The van der Waals surface area contributed by atoms with Crippen LogP contribution in [-0.4, -0.2) is 74.0 Å². The first-order chi connectivity index (χ1) is 8.89. The van der Waals surface area contributed by atoms with Crippen LogP contribution in [0, 0.1) is 0 Å². The zero-order valence-electron chi connectivity index (χ0n) is 10.5. The Labute approximate surface area is 111 Å². The maximum Gasteiger partial charge on any atom is 0.242 e. The predicted octanol–water partition coefficient (Wildman–Crippen LogP) is -2.93. The Hall–Kier alpha value is -1.19. The number of hydrogen-bond donors (Lipinski definition) is 3. The molecule has 8 nitrogen and oxygen atoms in total. The summed E-state index contributed by atoms with van der Waals surface area (Å²) in [6.07, 6.45) is 0.360. The number of nitrogens with one attached hydrogen (secondary N) is 1. The van der Waals surface area contributed by atoms with E-state index in [1.54, 1.807) is 0 Å². The number of nitrogens with zero attached hydrogens (tertiary/aromatic N) is 1. The molecule has 1 aliphatic heterocycles. The lowest BCUT2D eigenvalue weighted by Crippen LogP contribution is -2.48. The molecule has 0 spiro atoms. The molecule has 1 saturated heterocycles. The van der Waals surface area contributed by atoms with E-state index in [2.05, 4.69) is 5.32 Å². The van der Waals surface area contributed by atoms with E-state index < -0.39 is 27.7 Å². The summed E-state index contributed by atoms with van der Waals surface area (Å²) in [4.78, 5) is 24.2. The predicted molar refractivity (Wildman–Crippen MR) is 67.9 cm³/mol. The molecule has 0 aliphatic carbocycles. The van der Waals surface area contributed by atoms with Crippen LogP contribution < -0.4 is 11.1 Å². The second-order valence-corrected chi connectivity index (χ2v) is 6.58. The van der Waals surface area contributed by atoms with Crippen molar-refractivity contribution in [3.05, 3.63) is 0 Å². The third-order valence-corrected chi connectivity index (χ3v) is 4.68. The van der Waals surface area contributed by atoms with Crippen molar-refractivity contribution in [1.29, 1.82) is 0 Å². The number of aliphatic hydroxyl groups is 1. The molecule has 0 aromatic rings. The van der Waals surface area contributed by atoms with E-state index in [1.807, 2.05) is 0 Å². The summed E-state index contributed by atoms with van der Waals surface area (Å²) < 4.78 is 22.8. The molecule has 0 aromatic heterocycles. The molecule has 1 aliphatic rings. The molecular formula is C10H19N3O5S. The Morgan fingerprint density at radius 3 is 2.58 bits per heavy atom. The molecule has 1 fully saturated rings. The van der Waals surface area contributed by atoms with Crippen molar-refractivity contribution in [3.8, 4) is 0 Å². The van der Waals surface area contributed by atoms with E-state index in [0.717, 1.165) is 0 Å². The third-order valence-electron chi connectivity index (χ3n) is 2.93. The van der Waals surface area contributed by atoms with Crippen molar-refractivity contribution in [1.82, 2.24) is 10.2 Å². The molecule has 9 heteroatoms. The van der Waals surface area contributed by atoms with Gasteiger partial charge in [-0.25, -0.2) is 8.42 Å². The first-order valence-electron chi connectivity index (χ1n) is 5.97. The highest BCUT2D eigenvalue weighted by molar-refractivity contribution is 7.91. The summed E-state index contributed by atoms with van der Waals surface area (Å²) >= 11 is 0. The normalized spacial score (nSPS) is 21.1. The van der Waals surface area contributed by atoms with Gasteiger partial charge < -0.3 is 21.1 Å². The van der Waals surface area contributed by atoms with Crippen LogP contribution in [0.1, 0.15) is 6.42 Å². The van der Waals surface area contributed by atoms with Crippen molar-refractivity contribution >= 4 is 21.7 Å². The molecule has 4 N–H and O–H groups in total. The lowest BCUT2D eigenvalue weighted by Gasteiger charge is -2.27. The molecule has 2 amide bonds. The minimum atomic E-state index is -3.11. The van der Waals surface area contributed by atoms with Gasteiger partial charge in [-0.1, -0.05) is 0 Å². The summed E-state index contributed by atoms with van der Waals surface area (Å²) in [6, 6.07) is -0.431. The summed E-state index contributed by atoms with van der Waals surface area (Å²) in [6.45, 7) is -0.664. The quantitative estimate of drug-likeness (QED) is 0.481. The minimum Gasteiger partial charge on any atom is -0.395 e. The van der Waals surface area contributed by atoms with E-state index in [-0.39, 0.29) is 37.7 Å². The first-order valence-corrected chi connectivity index (χ1v) is 7.79. The number of carbonyl (C=O) groups is 2. The second-order valence-electron chi connectivity index (χ2n) is 4.35. The van der Waals surface area contributed by atoms with Crippen molar-refractivity contribution in [2.24, 2.45) is 5.73 Å². The van der Waals surface area contributed by atoms with Gasteiger partial charge in [0.2, 0.25) is 11.8 Å². The van der Waals surface area contributed by atoms with Crippen LogP contribution >= 0.6 is 0 Å². The molecule has 0 saturated carbocycles. The van der Waals surface area contributed by atoms with Crippen LogP contribution in [0.15, 0.2) is 0 Å². The maximum absolute atomic E-state index is 11.9. The van der Waals surface area contributed by atoms with Crippen LogP contribution in [0.25, 0.3) is 0 Å². The molecule has 110 valence electrons. The molecular weight excluding hydrogens is 274 g/mol. The van der Waals surface area contributed by atoms with Gasteiger partial charge >= 0.3 is 0 Å². The molecule has 1 unspecified atom stereocenters. The number of sulfone groups is 1. The van der Waals surface area contributed by atoms with Gasteiger partial charge in [0.05, 0.1) is 31.2 Å². The van der Waals surface area contributed by atoms with Crippen molar-refractivity contribution in [2.45, 2.75) is 12.5 Å². The lowest BCUT2D eigenvalue weighted by atomic mass is 10.2. The number of hydrogen-bond acceptors (Lipinski definition) is 6. The molecule has 0 aromatic carbocycles. The van der Waals surface area contributed by atoms with Gasteiger partial charge in [0.25, 0.3) is 0 Å². The molecule has 1 heterocycles. The van der Waals surface area contributed by atoms with Gasteiger partial charge in [0.15, 0.2) is 9.84 Å². The van der Waals surface area contributed by atoms with Gasteiger partial charge in [-0.05, 0) is 6.42 Å². The molecule has 1 atom stereocenters. The Kier molecular flexibility index (Phi) is 5.70. The standard InChI is InChI=1S/C10H19N3O5S/c11-5-9(15)12-6-10(16)13(2-3-14)8-1-4-19(17,18)7-8/h8,14H,1-7,11H2,(H,12,15). The van der Waals surface area contributed by atoms with Gasteiger partial charge in [-0.3, -0.25) is 9.59 Å². The fraction of sp³-hybridized carbons (Fsp3) is 0.800. The largest absolute Gasteiger partial charge is 0.395 e. The summed E-state index contributed by atoms with van der Waals surface area (Å²) in [5, 5.41) is 11.3. The highest BCUT2D eigenvalue weighted by Gasteiger charge is 2.34. The fourth-order valence-corrected chi connectivity index (χ4v) is 3.72. The van der Waals surface area contributed by atoms with Crippen LogP contribution in [0.3, 0.4) is 0 Å². The fourth-order valence-electron chi connectivity index (χ4n) is 1.99. The Morgan fingerprint density at radius 2 is 2.11 bits per heavy atom. The van der Waals surface area contributed by atoms with E-state index in [4.69, 9.17) is 10.8 Å². The zero-order chi connectivity index (χ0) is 14.5. The number of amides is 2. The topological polar surface area (TPSA) is 130 Å². The van der Waals surface area contributed by atoms with Crippen molar-refractivity contribution in [3.63, 3.8) is 0 Å². The summed E-state index contributed by atoms with van der Waals surface area (Å²) in [5.41, 5.74) is 5.09. The summed E-state index contributed by atoms with van der Waals surface area (Å²) in [7, 11) is -3.11. The average Bonchev–Trinajstić information content (AvgIpc) is 2.72. The van der Waals surface area contributed by atoms with E-state index in [1.165, 1.54) is 4.90 Å². The SMILES string of the molecule is NCC(=O)NCC(=O)N(CCO)C1CCS(=O)(=O)C1. The van der Waals surface area contributed by atoms with Crippen molar-refractivity contribution < 1.29 is 23.1 Å². The van der Waals surface area contributed by atoms with Gasteiger partial charge in [0.1, 0.15) is 0 Å². The van der Waals surface area contributed by atoms with E-state index in [0.29, 0.717) is 6.42 Å². The highest BCUT2D eigenvalue weighted by Crippen LogP contribution is 2.17. The van der Waals surface area contributed by atoms with Gasteiger partial charge in [-0.15, -0.1) is 0 Å². The minimum absolute atomic E-state index is 0.0437. The van der Waals surface area contributed by atoms with Crippen LogP contribution in [0.2, 0.25) is 0 Å². The van der Waals surface area contributed by atoms with Gasteiger partial charge in [-0.2, -0.15) is 0 Å². The molecule has 0 bridgehead atoms. The second kappa shape index (κ2) is 6.83. The van der Waals surface area contributed by atoms with Crippen LogP contribution in [0.4, 0.5) is 0 Å². The van der Waals surface area contributed by atoms with Crippen LogP contribution in [0.5, 0.6) is 0 Å². The smallest absolute Gasteiger partial charge is 0.242 e. The Morgan fingerprint density at radius 1 is 1.42 bits per heavy atom. The maximum atomic E-state index is 11.9. The number of carbonyl (C=O) groups excluding carboxylic acids is 2. The van der Waals surface area contributed by atoms with Crippen molar-refractivity contribution in [2.75, 3.05) is 37.7 Å². The monoisotopic (exact) mass is 293 g/mol. The van der Waals surface area contributed by atoms with Gasteiger partial charge in [0, 0.05) is 12.6 Å². The average molecular weight is 293 g/mol. The number of nitrogens with two attached hydrogens (primary N) is 1. The molecule has 19 heavy (non-hydrogen) atoms. The first kappa shape index (κ1) is 15.9. The molecule has 0 radical (unpaired) electrons. The van der Waals surface area contributed by atoms with Crippen LogP contribution in [-0.2, 0) is 19.4 Å². The Bertz CT molecular complexity index is 436. The highest BCUT2D eigenvalue weighted by atomic mass is 32.2.